The predicted octanol–water partition coefficient (Wildman–Crippen LogP) is 2.51. The van der Waals surface area contributed by atoms with Crippen LogP contribution in [0.2, 0.25) is 0 Å². The van der Waals surface area contributed by atoms with Crippen molar-refractivity contribution in [1.29, 1.82) is 0 Å². The van der Waals surface area contributed by atoms with Gasteiger partial charge in [-0.1, -0.05) is 6.07 Å². The lowest BCUT2D eigenvalue weighted by Gasteiger charge is -2.09. The van der Waals surface area contributed by atoms with Crippen LogP contribution in [0.15, 0.2) is 24.4 Å². The zero-order valence-corrected chi connectivity index (χ0v) is 23.3. The van der Waals surface area contributed by atoms with Gasteiger partial charge in [0.2, 0.25) is 0 Å². The average molecular weight is 549 g/mol. The monoisotopic (exact) mass is 547 g/mol. The Morgan fingerprint density at radius 2 is 1.58 bits per heavy atom. The molecule has 1 aliphatic rings. The molecule has 0 unspecified atom stereocenters. The molecule has 1 heterocycles. The zero-order valence-electron chi connectivity index (χ0n) is 21.6. The summed E-state index contributed by atoms with van der Waals surface area (Å²) in [7, 11) is 1.56. The van der Waals surface area contributed by atoms with Crippen molar-refractivity contribution in [2.45, 2.75) is 57.9 Å². The van der Waals surface area contributed by atoms with Crippen LogP contribution in [-0.2, 0) is 19.4 Å². The van der Waals surface area contributed by atoms with Crippen LogP contribution in [-0.4, -0.2) is 61.4 Å². The maximum Gasteiger partial charge on any atom is 0.160 e. The number of aryl methyl sites for hydroxylation is 2. The molecule has 0 spiro atoms. The highest BCUT2D eigenvalue weighted by Gasteiger charge is 2.11. The fourth-order valence-corrected chi connectivity index (χ4v) is 3.87. The van der Waals surface area contributed by atoms with Gasteiger partial charge in [0.1, 0.15) is 0 Å². The molecule has 0 fully saturated rings. The van der Waals surface area contributed by atoms with E-state index in [0.717, 1.165) is 77.1 Å². The molecular formula is C25H47Cl2N7O2. The fraction of sp³-hybridized carbons (Fsp3) is 0.640. The van der Waals surface area contributed by atoms with Crippen LogP contribution in [0.4, 0.5) is 0 Å². The quantitative estimate of drug-likeness (QED) is 0.148. The Balaban J connectivity index is 0.000000848. The maximum atomic E-state index is 9.56. The lowest BCUT2D eigenvalue weighted by molar-refractivity contribution is 0.373. The number of phenols is 1. The molecule has 1 aliphatic carbocycles. The predicted molar refractivity (Wildman–Crippen MR) is 153 cm³/mol. The van der Waals surface area contributed by atoms with E-state index in [4.69, 9.17) is 16.3 Å². The first-order valence-electron chi connectivity index (χ1n) is 12.6. The molecule has 8 N–H and O–H groups in total. The number of nitrogens with one attached hydrogen (secondary N) is 3. The number of aromatic nitrogens is 2. The van der Waals surface area contributed by atoms with Gasteiger partial charge in [-0.25, -0.2) is 0 Å². The van der Waals surface area contributed by atoms with E-state index < -0.39 is 0 Å². The number of unbranched alkanes of at least 4 members (excludes halogenated alkanes) is 1. The van der Waals surface area contributed by atoms with E-state index in [1.807, 2.05) is 18.3 Å². The molecule has 0 saturated carbocycles. The Labute approximate surface area is 228 Å². The van der Waals surface area contributed by atoms with Gasteiger partial charge in [-0.15, -0.1) is 24.8 Å². The maximum absolute atomic E-state index is 9.56. The van der Waals surface area contributed by atoms with E-state index in [-0.39, 0.29) is 30.6 Å². The highest BCUT2D eigenvalue weighted by Crippen LogP contribution is 2.26. The summed E-state index contributed by atoms with van der Waals surface area (Å²) < 4.78 is 5.11. The molecule has 11 heteroatoms. The van der Waals surface area contributed by atoms with Crippen molar-refractivity contribution in [3.8, 4) is 11.5 Å². The molecule has 0 saturated heterocycles. The first-order chi connectivity index (χ1) is 16.6. The Morgan fingerprint density at radius 1 is 0.944 bits per heavy atom. The lowest BCUT2D eigenvalue weighted by Crippen LogP contribution is -2.24. The van der Waals surface area contributed by atoms with Gasteiger partial charge in [0, 0.05) is 6.54 Å². The Bertz CT molecular complexity index is 785. The number of hydrogen-bond acceptors (Lipinski definition) is 8. The average Bonchev–Trinajstić information content (AvgIpc) is 3.23. The minimum absolute atomic E-state index is 0. The van der Waals surface area contributed by atoms with Crippen molar-refractivity contribution in [2.24, 2.45) is 5.73 Å². The SMILES string of the molecule is COc1cc(CNCCCNCCCCNCCCN)ccc1O.Cl.Cl.Nn1cc2c(n1)CCCC2. The number of phenolic OH excluding ortho intramolecular Hbond substituents is 1. The number of hydrogen-bond donors (Lipinski definition) is 6. The zero-order chi connectivity index (χ0) is 24.4. The van der Waals surface area contributed by atoms with Gasteiger partial charge in [0.15, 0.2) is 11.5 Å². The Kier molecular flexibility index (Phi) is 20.3. The molecule has 1 aromatic heterocycles. The number of fused-ring (bicyclic) bond motifs is 1. The third-order valence-corrected chi connectivity index (χ3v) is 5.80. The summed E-state index contributed by atoms with van der Waals surface area (Å²) in [6, 6.07) is 5.44. The number of benzene rings is 1. The van der Waals surface area contributed by atoms with Crippen LogP contribution in [0.1, 0.15) is 55.3 Å². The second-order valence-corrected chi connectivity index (χ2v) is 8.67. The minimum atomic E-state index is 0. The topological polar surface area (TPSA) is 135 Å². The van der Waals surface area contributed by atoms with E-state index in [0.29, 0.717) is 5.75 Å². The molecule has 0 amide bonds. The molecule has 3 rings (SSSR count). The van der Waals surface area contributed by atoms with Crippen LogP contribution in [0.3, 0.4) is 0 Å². The third kappa shape index (κ3) is 14.1. The van der Waals surface area contributed by atoms with Crippen LogP contribution >= 0.6 is 24.8 Å². The van der Waals surface area contributed by atoms with Gasteiger partial charge in [0.05, 0.1) is 19.0 Å². The van der Waals surface area contributed by atoms with Crippen LogP contribution in [0.5, 0.6) is 11.5 Å². The largest absolute Gasteiger partial charge is 0.504 e. The molecule has 2 aromatic rings. The number of nitrogens with two attached hydrogens (primary N) is 2. The van der Waals surface area contributed by atoms with Gasteiger partial charge >= 0.3 is 0 Å². The summed E-state index contributed by atoms with van der Waals surface area (Å²) in [6.45, 7) is 6.74. The highest BCUT2D eigenvalue weighted by molar-refractivity contribution is 5.85. The van der Waals surface area contributed by atoms with Crippen molar-refractivity contribution in [1.82, 2.24) is 25.8 Å². The number of nitrogens with zero attached hydrogens (tertiary/aromatic N) is 2. The smallest absolute Gasteiger partial charge is 0.160 e. The second-order valence-electron chi connectivity index (χ2n) is 8.67. The molecule has 0 bridgehead atoms. The van der Waals surface area contributed by atoms with E-state index in [9.17, 15) is 5.11 Å². The standard InChI is InChI=1S/C18H34N4O2.C7H11N3.2ClH/c1-24-18-14-16(6-7-17(18)23)15-22-13-5-12-21-10-3-2-9-20-11-4-8-19;8-10-5-6-3-1-2-4-7(6)9-10;;/h6-7,14,20-23H,2-5,8-13,15,19H2,1H3;5H,1-4,8H2;2*1H. The molecule has 36 heavy (non-hydrogen) atoms. The summed E-state index contributed by atoms with van der Waals surface area (Å²) in [5, 5.41) is 24.0. The van der Waals surface area contributed by atoms with Crippen LogP contribution in [0, 0.1) is 0 Å². The van der Waals surface area contributed by atoms with E-state index in [2.05, 4.69) is 21.0 Å². The molecule has 208 valence electrons. The molecule has 0 aliphatic heterocycles. The first-order valence-corrected chi connectivity index (χ1v) is 12.6. The molecule has 0 radical (unpaired) electrons. The summed E-state index contributed by atoms with van der Waals surface area (Å²) in [6.07, 6.45) is 11.3. The van der Waals surface area contributed by atoms with Gasteiger partial charge in [-0.3, -0.25) is 0 Å². The summed E-state index contributed by atoms with van der Waals surface area (Å²) in [5.74, 6) is 6.17. The van der Waals surface area contributed by atoms with Crippen molar-refractivity contribution >= 4 is 24.8 Å². The number of halogens is 2. The Morgan fingerprint density at radius 3 is 2.25 bits per heavy atom. The summed E-state index contributed by atoms with van der Waals surface area (Å²) in [4.78, 5) is 1.43. The van der Waals surface area contributed by atoms with Gasteiger partial charge in [-0.05, 0) is 114 Å². The van der Waals surface area contributed by atoms with Crippen molar-refractivity contribution in [3.63, 3.8) is 0 Å². The summed E-state index contributed by atoms with van der Waals surface area (Å²) in [5.41, 5.74) is 9.10. The first kappa shape index (κ1) is 34.2. The molecule has 0 atom stereocenters. The molecular weight excluding hydrogens is 501 g/mol. The highest BCUT2D eigenvalue weighted by atomic mass is 35.5. The molecule has 9 nitrogen and oxygen atoms in total. The number of methoxy groups -OCH3 is 1. The Hall–Kier alpha value is -1.75. The number of rotatable bonds is 15. The van der Waals surface area contributed by atoms with Gasteiger partial charge in [-0.2, -0.15) is 9.89 Å². The molecule has 1 aromatic carbocycles. The van der Waals surface area contributed by atoms with E-state index >= 15 is 0 Å². The fourth-order valence-electron chi connectivity index (χ4n) is 3.87. The third-order valence-electron chi connectivity index (χ3n) is 5.80. The normalized spacial score (nSPS) is 11.9. The van der Waals surface area contributed by atoms with Crippen LogP contribution < -0.4 is 32.3 Å². The van der Waals surface area contributed by atoms with Gasteiger partial charge in [0.25, 0.3) is 0 Å². The van der Waals surface area contributed by atoms with E-state index in [1.165, 1.54) is 41.7 Å². The van der Waals surface area contributed by atoms with Crippen molar-refractivity contribution in [3.05, 3.63) is 41.2 Å². The van der Waals surface area contributed by atoms with E-state index in [1.54, 1.807) is 13.2 Å². The van der Waals surface area contributed by atoms with Gasteiger partial charge < -0.3 is 37.4 Å². The number of aromatic hydroxyl groups is 1. The summed E-state index contributed by atoms with van der Waals surface area (Å²) >= 11 is 0. The second kappa shape index (κ2) is 21.3. The minimum Gasteiger partial charge on any atom is -0.504 e. The number of nitrogen functional groups attached to an aromatic ring is 1. The van der Waals surface area contributed by atoms with Crippen LogP contribution in [0.25, 0.3) is 0 Å². The van der Waals surface area contributed by atoms with Crippen molar-refractivity contribution in [2.75, 3.05) is 52.2 Å². The van der Waals surface area contributed by atoms with Crippen molar-refractivity contribution < 1.29 is 9.84 Å². The number of ether oxygens (including phenoxy) is 1. The lowest BCUT2D eigenvalue weighted by atomic mass is 9.99.